The van der Waals surface area contributed by atoms with E-state index < -0.39 is 0 Å². The lowest BCUT2D eigenvalue weighted by atomic mass is 9.76. The highest BCUT2D eigenvalue weighted by Gasteiger charge is 2.26. The Kier molecular flexibility index (Phi) is 4.02. The van der Waals surface area contributed by atoms with Gasteiger partial charge in [0.25, 0.3) is 0 Å². The molecule has 1 N–H and O–H groups in total. The maximum absolute atomic E-state index is 13.6. The van der Waals surface area contributed by atoms with Gasteiger partial charge in [-0.2, -0.15) is 0 Å². The molecule has 0 atom stereocenters. The molecule has 0 aromatic carbocycles. The summed E-state index contributed by atoms with van der Waals surface area (Å²) in [6.45, 7) is 3.08. The summed E-state index contributed by atoms with van der Waals surface area (Å²) in [5.41, 5.74) is 0.291. The zero-order valence-electron chi connectivity index (χ0n) is 10.1. The van der Waals surface area contributed by atoms with Crippen molar-refractivity contribution in [1.29, 1.82) is 0 Å². The van der Waals surface area contributed by atoms with Crippen molar-refractivity contribution in [2.75, 3.05) is 11.9 Å². The molecule has 1 aliphatic rings. The summed E-state index contributed by atoms with van der Waals surface area (Å²) >= 11 is 3.20. The summed E-state index contributed by atoms with van der Waals surface area (Å²) in [6, 6.07) is 1.44. The summed E-state index contributed by atoms with van der Waals surface area (Å²) < 4.78 is 14.2. The zero-order valence-corrected chi connectivity index (χ0v) is 11.7. The van der Waals surface area contributed by atoms with E-state index in [2.05, 4.69) is 33.2 Å². The first-order valence-corrected chi connectivity index (χ1v) is 6.93. The number of anilines is 1. The first-order chi connectivity index (χ1) is 8.09. The molecular formula is C13H18BrFN2. The maximum Gasteiger partial charge on any atom is 0.166 e. The van der Waals surface area contributed by atoms with Gasteiger partial charge in [-0.15, -0.1) is 0 Å². The van der Waals surface area contributed by atoms with Gasteiger partial charge in [-0.1, -0.05) is 26.2 Å². The Balaban J connectivity index is 1.97. The molecule has 0 aliphatic heterocycles. The number of aromatic nitrogens is 1. The SMILES string of the molecule is CC1(CNc2ncc(Br)cc2F)CCCCC1. The third-order valence-electron chi connectivity index (χ3n) is 3.55. The van der Waals surface area contributed by atoms with Gasteiger partial charge in [-0.05, 0) is 40.3 Å². The van der Waals surface area contributed by atoms with Gasteiger partial charge in [0.1, 0.15) is 0 Å². The fraction of sp³-hybridized carbons (Fsp3) is 0.615. The van der Waals surface area contributed by atoms with E-state index in [9.17, 15) is 4.39 Å². The number of hydrogen-bond donors (Lipinski definition) is 1. The van der Waals surface area contributed by atoms with Crippen LogP contribution in [0.2, 0.25) is 0 Å². The van der Waals surface area contributed by atoms with Crippen LogP contribution < -0.4 is 5.32 Å². The van der Waals surface area contributed by atoms with Crippen molar-refractivity contribution in [3.63, 3.8) is 0 Å². The van der Waals surface area contributed by atoms with Crippen molar-refractivity contribution in [3.8, 4) is 0 Å². The molecule has 0 spiro atoms. The van der Waals surface area contributed by atoms with E-state index in [0.717, 1.165) is 6.54 Å². The van der Waals surface area contributed by atoms with Gasteiger partial charge in [-0.3, -0.25) is 0 Å². The van der Waals surface area contributed by atoms with Crippen molar-refractivity contribution in [2.24, 2.45) is 5.41 Å². The number of nitrogens with zero attached hydrogens (tertiary/aromatic N) is 1. The van der Waals surface area contributed by atoms with Crippen LogP contribution >= 0.6 is 15.9 Å². The molecule has 0 saturated heterocycles. The molecule has 0 amide bonds. The van der Waals surface area contributed by atoms with Gasteiger partial charge >= 0.3 is 0 Å². The minimum absolute atomic E-state index is 0.291. The average molecular weight is 301 g/mol. The Bertz CT molecular complexity index is 389. The topological polar surface area (TPSA) is 24.9 Å². The molecule has 1 aliphatic carbocycles. The highest BCUT2D eigenvalue weighted by Crippen LogP contribution is 2.35. The molecule has 2 rings (SSSR count). The molecule has 1 saturated carbocycles. The summed E-state index contributed by atoms with van der Waals surface area (Å²) in [4.78, 5) is 4.06. The van der Waals surface area contributed by atoms with Gasteiger partial charge in [0.2, 0.25) is 0 Å². The summed E-state index contributed by atoms with van der Waals surface area (Å²) in [5.74, 6) is 0.0683. The Labute approximate surface area is 110 Å². The normalized spacial score (nSPS) is 19.0. The average Bonchev–Trinajstić information content (AvgIpc) is 2.29. The van der Waals surface area contributed by atoms with Crippen LogP contribution in [-0.4, -0.2) is 11.5 Å². The van der Waals surface area contributed by atoms with Gasteiger partial charge in [0, 0.05) is 17.2 Å². The second-order valence-corrected chi connectivity index (χ2v) is 6.12. The van der Waals surface area contributed by atoms with Crippen molar-refractivity contribution < 1.29 is 4.39 Å². The smallest absolute Gasteiger partial charge is 0.166 e. The number of rotatable bonds is 3. The highest BCUT2D eigenvalue weighted by molar-refractivity contribution is 9.10. The molecule has 17 heavy (non-hydrogen) atoms. The zero-order chi connectivity index (χ0) is 12.3. The van der Waals surface area contributed by atoms with Crippen molar-refractivity contribution in [2.45, 2.75) is 39.0 Å². The molecule has 1 fully saturated rings. The van der Waals surface area contributed by atoms with Crippen molar-refractivity contribution >= 4 is 21.7 Å². The van der Waals surface area contributed by atoms with Crippen LogP contribution in [0.3, 0.4) is 0 Å². The van der Waals surface area contributed by atoms with E-state index in [-0.39, 0.29) is 5.82 Å². The van der Waals surface area contributed by atoms with E-state index in [1.165, 1.54) is 38.2 Å². The summed E-state index contributed by atoms with van der Waals surface area (Å²) in [5, 5.41) is 3.14. The molecule has 4 heteroatoms. The van der Waals surface area contributed by atoms with Crippen LogP contribution in [-0.2, 0) is 0 Å². The lowest BCUT2D eigenvalue weighted by Crippen LogP contribution is -2.29. The number of pyridine rings is 1. The lowest BCUT2D eigenvalue weighted by molar-refractivity contribution is 0.233. The van der Waals surface area contributed by atoms with Crippen LogP contribution in [0.25, 0.3) is 0 Å². The third-order valence-corrected chi connectivity index (χ3v) is 3.98. The maximum atomic E-state index is 13.6. The molecule has 94 valence electrons. The van der Waals surface area contributed by atoms with Crippen LogP contribution in [0.15, 0.2) is 16.7 Å². The van der Waals surface area contributed by atoms with E-state index in [1.807, 2.05) is 0 Å². The van der Waals surface area contributed by atoms with Crippen LogP contribution in [0.1, 0.15) is 39.0 Å². The first kappa shape index (κ1) is 12.8. The van der Waals surface area contributed by atoms with Crippen molar-refractivity contribution in [1.82, 2.24) is 4.98 Å². The van der Waals surface area contributed by atoms with Crippen LogP contribution in [0.4, 0.5) is 10.2 Å². The minimum atomic E-state index is -0.293. The van der Waals surface area contributed by atoms with E-state index >= 15 is 0 Å². The molecule has 2 nitrogen and oxygen atoms in total. The van der Waals surface area contributed by atoms with Gasteiger partial charge in [0.05, 0.1) is 0 Å². The van der Waals surface area contributed by atoms with Crippen LogP contribution in [0, 0.1) is 11.2 Å². The van der Waals surface area contributed by atoms with E-state index in [4.69, 9.17) is 0 Å². The molecule has 0 bridgehead atoms. The van der Waals surface area contributed by atoms with Crippen LogP contribution in [0.5, 0.6) is 0 Å². The second-order valence-electron chi connectivity index (χ2n) is 5.21. The monoisotopic (exact) mass is 300 g/mol. The van der Waals surface area contributed by atoms with Gasteiger partial charge < -0.3 is 5.32 Å². The number of hydrogen-bond acceptors (Lipinski definition) is 2. The van der Waals surface area contributed by atoms with E-state index in [1.54, 1.807) is 6.20 Å². The van der Waals surface area contributed by atoms with E-state index in [0.29, 0.717) is 15.7 Å². The third kappa shape index (κ3) is 3.41. The van der Waals surface area contributed by atoms with Gasteiger partial charge in [-0.25, -0.2) is 9.37 Å². The lowest BCUT2D eigenvalue weighted by Gasteiger charge is -2.33. The fourth-order valence-corrected chi connectivity index (χ4v) is 2.73. The first-order valence-electron chi connectivity index (χ1n) is 6.14. The second kappa shape index (κ2) is 5.34. The number of nitrogens with one attached hydrogen (secondary N) is 1. The minimum Gasteiger partial charge on any atom is -0.367 e. The quantitative estimate of drug-likeness (QED) is 0.897. The molecule has 1 heterocycles. The standard InChI is InChI=1S/C13H18BrFN2/c1-13(5-3-2-4-6-13)9-17-12-11(15)7-10(14)8-16-12/h7-8H,2-6,9H2,1H3,(H,16,17). The summed E-state index contributed by atoms with van der Waals surface area (Å²) in [6.07, 6.45) is 7.97. The predicted molar refractivity (Wildman–Crippen MR) is 71.6 cm³/mol. The highest BCUT2D eigenvalue weighted by atomic mass is 79.9. The Morgan fingerprint density at radius 1 is 1.41 bits per heavy atom. The Morgan fingerprint density at radius 2 is 2.12 bits per heavy atom. The van der Waals surface area contributed by atoms with Gasteiger partial charge in [0.15, 0.2) is 11.6 Å². The predicted octanol–water partition coefficient (Wildman–Crippen LogP) is 4.37. The molecular weight excluding hydrogens is 283 g/mol. The largest absolute Gasteiger partial charge is 0.367 e. The molecule has 1 aromatic heterocycles. The Morgan fingerprint density at radius 3 is 2.76 bits per heavy atom. The van der Waals surface area contributed by atoms with Crippen molar-refractivity contribution in [3.05, 3.63) is 22.6 Å². The number of halogens is 2. The Hall–Kier alpha value is -0.640. The molecule has 1 aromatic rings. The molecule has 0 radical (unpaired) electrons. The summed E-state index contributed by atoms with van der Waals surface area (Å²) in [7, 11) is 0. The molecule has 0 unspecified atom stereocenters. The fourth-order valence-electron chi connectivity index (χ4n) is 2.42.